The van der Waals surface area contributed by atoms with Crippen molar-refractivity contribution in [2.75, 3.05) is 25.5 Å². The summed E-state index contributed by atoms with van der Waals surface area (Å²) in [7, 11) is 2.07. The highest BCUT2D eigenvalue weighted by Gasteiger charge is 2.19. The summed E-state index contributed by atoms with van der Waals surface area (Å²) in [5.41, 5.74) is 1.06. The minimum absolute atomic E-state index is 0.193. The third-order valence-electron chi connectivity index (χ3n) is 3.50. The van der Waals surface area contributed by atoms with Crippen LogP contribution in [0.3, 0.4) is 0 Å². The lowest BCUT2D eigenvalue weighted by Gasteiger charge is -2.20. The molecular weight excluding hydrogens is 393 g/mol. The Balaban J connectivity index is 1.59. The highest BCUT2D eigenvalue weighted by Crippen LogP contribution is 2.34. The predicted molar refractivity (Wildman–Crippen MR) is 97.7 cm³/mol. The fourth-order valence-electron chi connectivity index (χ4n) is 2.29. The van der Waals surface area contributed by atoms with Crippen LogP contribution in [0.2, 0.25) is 15.1 Å². The van der Waals surface area contributed by atoms with E-state index >= 15 is 0 Å². The average Bonchev–Trinajstić information content (AvgIpc) is 2.90. The molecule has 3 rings (SSSR count). The van der Waals surface area contributed by atoms with Gasteiger partial charge in [0.2, 0.25) is 0 Å². The number of nitrogens with zero attached hydrogens (tertiary/aromatic N) is 2. The number of thiazole rings is 1. The Labute approximate surface area is 158 Å². The van der Waals surface area contributed by atoms with Gasteiger partial charge in [0.1, 0.15) is 5.75 Å². The molecule has 0 spiro atoms. The zero-order chi connectivity index (χ0) is 17.3. The number of ether oxygens (including phenoxy) is 1. The number of aromatic nitrogens is 1. The van der Waals surface area contributed by atoms with Gasteiger partial charge in [-0.3, -0.25) is 10.1 Å². The summed E-state index contributed by atoms with van der Waals surface area (Å²) in [6.07, 6.45) is 0.896. The summed E-state index contributed by atoms with van der Waals surface area (Å²) in [5.74, 6) is -0.00198. The maximum absolute atomic E-state index is 12.0. The number of benzene rings is 1. The Morgan fingerprint density at radius 3 is 2.88 bits per heavy atom. The molecule has 1 amide bonds. The Bertz CT molecular complexity index is 782. The fourth-order valence-corrected chi connectivity index (χ4v) is 3.99. The van der Waals surface area contributed by atoms with E-state index in [4.69, 9.17) is 39.5 Å². The topological polar surface area (TPSA) is 54.5 Å². The van der Waals surface area contributed by atoms with Gasteiger partial charge in [0.25, 0.3) is 5.91 Å². The lowest BCUT2D eigenvalue weighted by molar-refractivity contribution is -0.118. The number of fused-ring (bicyclic) bond motifs is 1. The van der Waals surface area contributed by atoms with Gasteiger partial charge >= 0.3 is 0 Å². The van der Waals surface area contributed by atoms with Crippen molar-refractivity contribution >= 4 is 57.2 Å². The zero-order valence-electron chi connectivity index (χ0n) is 12.7. The Morgan fingerprint density at radius 2 is 2.08 bits per heavy atom. The van der Waals surface area contributed by atoms with E-state index in [-0.39, 0.29) is 12.5 Å². The van der Waals surface area contributed by atoms with Crippen LogP contribution in [0.15, 0.2) is 12.1 Å². The second-order valence-electron chi connectivity index (χ2n) is 5.41. The normalized spacial score (nSPS) is 14.3. The van der Waals surface area contributed by atoms with Gasteiger partial charge in [-0.1, -0.05) is 34.8 Å². The molecule has 0 saturated carbocycles. The number of halogens is 3. The van der Waals surface area contributed by atoms with E-state index in [1.165, 1.54) is 28.3 Å². The van der Waals surface area contributed by atoms with Crippen molar-refractivity contribution in [3.05, 3.63) is 37.8 Å². The largest absolute Gasteiger partial charge is 0.482 e. The Morgan fingerprint density at radius 1 is 1.33 bits per heavy atom. The van der Waals surface area contributed by atoms with E-state index in [1.807, 2.05) is 0 Å². The monoisotopic (exact) mass is 405 g/mol. The van der Waals surface area contributed by atoms with Crippen molar-refractivity contribution in [1.82, 2.24) is 9.88 Å². The van der Waals surface area contributed by atoms with Crippen LogP contribution in [0.4, 0.5) is 5.13 Å². The first-order valence-corrected chi connectivity index (χ1v) is 9.11. The number of hydrogen-bond donors (Lipinski definition) is 1. The summed E-state index contributed by atoms with van der Waals surface area (Å²) in [5, 5.41) is 4.28. The van der Waals surface area contributed by atoms with Gasteiger partial charge in [-0.25, -0.2) is 4.98 Å². The van der Waals surface area contributed by atoms with Crippen molar-refractivity contribution in [2.24, 2.45) is 0 Å². The number of nitrogens with one attached hydrogen (secondary N) is 1. The highest BCUT2D eigenvalue weighted by atomic mass is 35.5. The van der Waals surface area contributed by atoms with E-state index in [0.717, 1.165) is 25.2 Å². The number of amides is 1. The molecule has 0 fully saturated rings. The van der Waals surface area contributed by atoms with Gasteiger partial charge in [0, 0.05) is 30.5 Å². The van der Waals surface area contributed by atoms with Crippen LogP contribution >= 0.6 is 46.1 Å². The third kappa shape index (κ3) is 4.13. The van der Waals surface area contributed by atoms with Crippen LogP contribution in [0.1, 0.15) is 10.6 Å². The minimum atomic E-state index is -0.309. The molecule has 9 heteroatoms. The van der Waals surface area contributed by atoms with Gasteiger partial charge < -0.3 is 9.64 Å². The lowest BCUT2D eigenvalue weighted by Crippen LogP contribution is -2.25. The quantitative estimate of drug-likeness (QED) is 0.776. The highest BCUT2D eigenvalue weighted by molar-refractivity contribution is 7.15. The number of carbonyl (C=O) groups excluding carboxylic acids is 1. The van der Waals surface area contributed by atoms with Crippen molar-refractivity contribution in [2.45, 2.75) is 13.0 Å². The molecular formula is C15H14Cl3N3O2S. The molecule has 2 heterocycles. The summed E-state index contributed by atoms with van der Waals surface area (Å²) in [6, 6.07) is 2.96. The van der Waals surface area contributed by atoms with Gasteiger partial charge in [-0.2, -0.15) is 0 Å². The number of likely N-dealkylation sites (N-methyl/N-ethyl adjacent to an activating group) is 1. The van der Waals surface area contributed by atoms with Crippen LogP contribution in [-0.4, -0.2) is 36.0 Å². The Kier molecular flexibility index (Phi) is 5.52. The van der Waals surface area contributed by atoms with E-state index in [9.17, 15) is 4.79 Å². The molecule has 1 aliphatic heterocycles. The maximum atomic E-state index is 12.0. The molecule has 0 bridgehead atoms. The SMILES string of the molecule is CN1CCc2nc(NC(=O)COc3cc(Cl)c(Cl)cc3Cl)sc2C1. The minimum Gasteiger partial charge on any atom is -0.482 e. The van der Waals surface area contributed by atoms with Crippen molar-refractivity contribution in [3.8, 4) is 5.75 Å². The van der Waals surface area contributed by atoms with Crippen LogP contribution in [0.25, 0.3) is 0 Å². The first-order chi connectivity index (χ1) is 11.4. The molecule has 0 saturated heterocycles. The third-order valence-corrected chi connectivity index (χ3v) is 5.52. The zero-order valence-corrected chi connectivity index (χ0v) is 15.8. The van der Waals surface area contributed by atoms with Crippen molar-refractivity contribution in [3.63, 3.8) is 0 Å². The van der Waals surface area contributed by atoms with Gasteiger partial charge in [0.05, 0.1) is 20.8 Å². The van der Waals surface area contributed by atoms with Crippen molar-refractivity contribution in [1.29, 1.82) is 0 Å². The van der Waals surface area contributed by atoms with Crippen LogP contribution in [0.5, 0.6) is 5.75 Å². The molecule has 0 atom stereocenters. The number of carbonyl (C=O) groups is 1. The Hall–Kier alpha value is -1.05. The molecule has 0 unspecified atom stereocenters. The fraction of sp³-hybridized carbons (Fsp3) is 0.333. The summed E-state index contributed by atoms with van der Waals surface area (Å²) in [4.78, 5) is 19.9. The van der Waals surface area contributed by atoms with E-state index in [1.54, 1.807) is 0 Å². The first kappa shape index (κ1) is 17.8. The molecule has 5 nitrogen and oxygen atoms in total. The molecule has 1 N–H and O–H groups in total. The summed E-state index contributed by atoms with van der Waals surface area (Å²) >= 11 is 19.3. The van der Waals surface area contributed by atoms with Crippen LogP contribution in [0, 0.1) is 0 Å². The smallest absolute Gasteiger partial charge is 0.264 e. The molecule has 128 valence electrons. The number of rotatable bonds is 4. The molecule has 1 aliphatic rings. The average molecular weight is 407 g/mol. The lowest BCUT2D eigenvalue weighted by atomic mass is 10.2. The predicted octanol–water partition coefficient (Wildman–Crippen LogP) is 4.11. The standard InChI is InChI=1S/C15H14Cl3N3O2S/c1-21-3-2-11-13(6-21)24-15(19-11)20-14(22)7-23-12-5-9(17)8(16)4-10(12)18/h4-5H,2-3,6-7H2,1H3,(H,19,20,22). The van der Waals surface area contributed by atoms with Crippen molar-refractivity contribution < 1.29 is 9.53 Å². The van der Waals surface area contributed by atoms with E-state index in [2.05, 4.69) is 22.2 Å². The second kappa shape index (κ2) is 7.45. The molecule has 24 heavy (non-hydrogen) atoms. The molecule has 1 aromatic carbocycles. The van der Waals surface area contributed by atoms with Crippen LogP contribution in [-0.2, 0) is 17.8 Å². The van der Waals surface area contributed by atoms with Gasteiger partial charge in [-0.05, 0) is 13.1 Å². The molecule has 2 aromatic rings. The maximum Gasteiger partial charge on any atom is 0.264 e. The molecule has 0 radical (unpaired) electrons. The summed E-state index contributed by atoms with van der Waals surface area (Å²) < 4.78 is 5.41. The van der Waals surface area contributed by atoms with Gasteiger partial charge in [-0.15, -0.1) is 11.3 Å². The van der Waals surface area contributed by atoms with E-state index < -0.39 is 0 Å². The van der Waals surface area contributed by atoms with Gasteiger partial charge in [0.15, 0.2) is 11.7 Å². The second-order valence-corrected chi connectivity index (χ2v) is 7.72. The summed E-state index contributed by atoms with van der Waals surface area (Å²) in [6.45, 7) is 1.64. The van der Waals surface area contributed by atoms with E-state index in [0.29, 0.717) is 25.9 Å². The molecule has 0 aliphatic carbocycles. The number of hydrogen-bond acceptors (Lipinski definition) is 5. The van der Waals surface area contributed by atoms with Crippen LogP contribution < -0.4 is 10.1 Å². The number of anilines is 1. The first-order valence-electron chi connectivity index (χ1n) is 7.16. The molecule has 1 aromatic heterocycles.